The van der Waals surface area contributed by atoms with Gasteiger partial charge in [0.05, 0.1) is 0 Å². The molecule has 0 bridgehead atoms. The number of rotatable bonds is 2. The quantitative estimate of drug-likeness (QED) is 0.842. The molecular weight excluding hydrogens is 215 g/mol. The van der Waals surface area contributed by atoms with E-state index in [0.29, 0.717) is 6.04 Å². The van der Waals surface area contributed by atoms with Gasteiger partial charge in [0.2, 0.25) is 0 Å². The molecule has 90 valence electrons. The molecule has 17 heavy (non-hydrogen) atoms. The third-order valence-corrected chi connectivity index (χ3v) is 3.68. The summed E-state index contributed by atoms with van der Waals surface area (Å²) in [5.41, 5.74) is 1.94. The second-order valence-electron chi connectivity index (χ2n) is 4.93. The first kappa shape index (κ1) is 10.8. The van der Waals surface area contributed by atoms with Crippen LogP contribution in [0.2, 0.25) is 0 Å². The molecule has 0 amide bonds. The first-order valence-corrected chi connectivity index (χ1v) is 6.21. The van der Waals surface area contributed by atoms with Crippen molar-refractivity contribution in [2.45, 2.75) is 25.3 Å². The Morgan fingerprint density at radius 2 is 2.35 bits per heavy atom. The molecule has 3 heteroatoms. The number of benzene rings is 1. The lowest BCUT2D eigenvalue weighted by molar-refractivity contribution is 0.562. The molecule has 1 aliphatic heterocycles. The van der Waals surface area contributed by atoms with E-state index >= 15 is 0 Å². The van der Waals surface area contributed by atoms with E-state index in [-0.39, 0.29) is 5.82 Å². The molecule has 1 fully saturated rings. The minimum atomic E-state index is -0.0719. The summed E-state index contributed by atoms with van der Waals surface area (Å²) in [6.07, 6.45) is 5.14. The summed E-state index contributed by atoms with van der Waals surface area (Å²) in [4.78, 5) is 0. The third-order valence-electron chi connectivity index (χ3n) is 3.68. The van der Waals surface area contributed by atoms with Gasteiger partial charge in [-0.3, -0.25) is 0 Å². The first-order chi connectivity index (χ1) is 8.24. The molecule has 1 aromatic heterocycles. The minimum absolute atomic E-state index is 0.0719. The van der Waals surface area contributed by atoms with E-state index in [1.807, 2.05) is 29.9 Å². The molecular formula is C14H17FN2. The highest BCUT2D eigenvalue weighted by Crippen LogP contribution is 2.22. The van der Waals surface area contributed by atoms with Gasteiger partial charge in [-0.2, -0.15) is 0 Å². The number of halogens is 1. The topological polar surface area (TPSA) is 17.0 Å². The SMILES string of the molecule is Cn1ccc2cc(F)c(CC3CCCN3)cc21. The smallest absolute Gasteiger partial charge is 0.127 e. The van der Waals surface area contributed by atoms with Gasteiger partial charge < -0.3 is 9.88 Å². The molecule has 1 saturated heterocycles. The van der Waals surface area contributed by atoms with Crippen LogP contribution in [0.4, 0.5) is 4.39 Å². The number of nitrogens with zero attached hydrogens (tertiary/aromatic N) is 1. The maximum absolute atomic E-state index is 13.9. The number of nitrogens with one attached hydrogen (secondary N) is 1. The predicted octanol–water partition coefficient (Wildman–Crippen LogP) is 2.61. The number of aryl methyl sites for hydroxylation is 1. The standard InChI is InChI=1S/C14H17FN2/c1-17-6-4-10-8-13(15)11(9-14(10)17)7-12-3-2-5-16-12/h4,6,8-9,12,16H,2-3,5,7H2,1H3. The zero-order valence-electron chi connectivity index (χ0n) is 10.0. The Morgan fingerprint density at radius 1 is 1.47 bits per heavy atom. The molecule has 2 aromatic rings. The summed E-state index contributed by atoms with van der Waals surface area (Å²) < 4.78 is 16.0. The van der Waals surface area contributed by atoms with E-state index in [4.69, 9.17) is 0 Å². The van der Waals surface area contributed by atoms with Crippen molar-refractivity contribution in [1.82, 2.24) is 9.88 Å². The monoisotopic (exact) mass is 232 g/mol. The Hall–Kier alpha value is -1.35. The highest BCUT2D eigenvalue weighted by molar-refractivity contribution is 5.81. The van der Waals surface area contributed by atoms with E-state index in [1.54, 1.807) is 6.07 Å². The average molecular weight is 232 g/mol. The Labute approximate surface area is 100 Å². The number of aromatic nitrogens is 1. The summed E-state index contributed by atoms with van der Waals surface area (Å²) in [5.74, 6) is -0.0719. The van der Waals surface area contributed by atoms with Crippen molar-refractivity contribution in [3.8, 4) is 0 Å². The van der Waals surface area contributed by atoms with Crippen LogP contribution in [0.3, 0.4) is 0 Å². The summed E-state index contributed by atoms with van der Waals surface area (Å²) >= 11 is 0. The van der Waals surface area contributed by atoms with Crippen LogP contribution < -0.4 is 5.32 Å². The second-order valence-corrected chi connectivity index (χ2v) is 4.93. The van der Waals surface area contributed by atoms with Crippen LogP contribution in [0.15, 0.2) is 24.4 Å². The number of fused-ring (bicyclic) bond motifs is 1. The molecule has 0 radical (unpaired) electrons. The van der Waals surface area contributed by atoms with Crippen molar-refractivity contribution in [3.63, 3.8) is 0 Å². The predicted molar refractivity (Wildman–Crippen MR) is 67.6 cm³/mol. The minimum Gasteiger partial charge on any atom is -0.351 e. The van der Waals surface area contributed by atoms with Crippen LogP contribution >= 0.6 is 0 Å². The van der Waals surface area contributed by atoms with Gasteiger partial charge in [-0.25, -0.2) is 4.39 Å². The molecule has 2 nitrogen and oxygen atoms in total. The molecule has 3 rings (SSSR count). The van der Waals surface area contributed by atoms with Crippen molar-refractivity contribution in [1.29, 1.82) is 0 Å². The number of hydrogen-bond acceptors (Lipinski definition) is 1. The van der Waals surface area contributed by atoms with Gasteiger partial charge in [-0.1, -0.05) is 0 Å². The Balaban J connectivity index is 1.96. The molecule has 2 heterocycles. The molecule has 0 saturated carbocycles. The second kappa shape index (κ2) is 4.15. The van der Waals surface area contributed by atoms with E-state index < -0.39 is 0 Å². The van der Waals surface area contributed by atoms with Crippen LogP contribution in [0.5, 0.6) is 0 Å². The largest absolute Gasteiger partial charge is 0.351 e. The van der Waals surface area contributed by atoms with Crippen molar-refractivity contribution < 1.29 is 4.39 Å². The lowest BCUT2D eigenvalue weighted by Crippen LogP contribution is -2.24. The summed E-state index contributed by atoms with van der Waals surface area (Å²) in [5, 5.41) is 4.40. The Morgan fingerprint density at radius 3 is 3.12 bits per heavy atom. The summed E-state index contributed by atoms with van der Waals surface area (Å²) in [6.45, 7) is 1.07. The van der Waals surface area contributed by atoms with E-state index in [9.17, 15) is 4.39 Å². The fourth-order valence-electron chi connectivity index (χ4n) is 2.68. The normalized spacial score (nSPS) is 20.2. The highest BCUT2D eigenvalue weighted by Gasteiger charge is 2.17. The Bertz CT molecular complexity index is 538. The van der Waals surface area contributed by atoms with Crippen LogP contribution in [-0.2, 0) is 13.5 Å². The van der Waals surface area contributed by atoms with Gasteiger partial charge in [-0.05, 0) is 49.6 Å². The van der Waals surface area contributed by atoms with Crippen LogP contribution in [0.25, 0.3) is 10.9 Å². The fourth-order valence-corrected chi connectivity index (χ4v) is 2.68. The molecule has 0 spiro atoms. The van der Waals surface area contributed by atoms with Crippen molar-refractivity contribution in [2.75, 3.05) is 6.54 Å². The van der Waals surface area contributed by atoms with Crippen LogP contribution in [0, 0.1) is 5.82 Å². The van der Waals surface area contributed by atoms with Crippen LogP contribution in [0.1, 0.15) is 18.4 Å². The van der Waals surface area contributed by atoms with Crippen molar-refractivity contribution in [2.24, 2.45) is 7.05 Å². The highest BCUT2D eigenvalue weighted by atomic mass is 19.1. The van der Waals surface area contributed by atoms with Gasteiger partial charge in [-0.15, -0.1) is 0 Å². The number of hydrogen-bond donors (Lipinski definition) is 1. The van der Waals surface area contributed by atoms with Gasteiger partial charge in [0.25, 0.3) is 0 Å². The third kappa shape index (κ3) is 1.95. The van der Waals surface area contributed by atoms with E-state index in [1.165, 1.54) is 6.42 Å². The lowest BCUT2D eigenvalue weighted by Gasteiger charge is -2.11. The van der Waals surface area contributed by atoms with Gasteiger partial charge in [0.15, 0.2) is 0 Å². The lowest BCUT2D eigenvalue weighted by atomic mass is 10.0. The zero-order chi connectivity index (χ0) is 11.8. The van der Waals surface area contributed by atoms with Crippen molar-refractivity contribution in [3.05, 3.63) is 35.8 Å². The summed E-state index contributed by atoms with van der Waals surface area (Å²) in [7, 11) is 2.00. The Kier molecular flexibility index (Phi) is 2.63. The molecule has 1 aliphatic rings. The maximum Gasteiger partial charge on any atom is 0.127 e. The van der Waals surface area contributed by atoms with E-state index in [2.05, 4.69) is 5.32 Å². The summed E-state index contributed by atoms with van der Waals surface area (Å²) in [6, 6.07) is 6.04. The molecule has 1 atom stereocenters. The molecule has 0 aliphatic carbocycles. The first-order valence-electron chi connectivity index (χ1n) is 6.21. The van der Waals surface area contributed by atoms with E-state index in [0.717, 1.165) is 35.9 Å². The van der Waals surface area contributed by atoms with Gasteiger partial charge >= 0.3 is 0 Å². The molecule has 1 aromatic carbocycles. The average Bonchev–Trinajstić information content (AvgIpc) is 2.92. The van der Waals surface area contributed by atoms with Gasteiger partial charge in [0, 0.05) is 30.2 Å². The van der Waals surface area contributed by atoms with Crippen LogP contribution in [-0.4, -0.2) is 17.2 Å². The van der Waals surface area contributed by atoms with Crippen molar-refractivity contribution >= 4 is 10.9 Å². The fraction of sp³-hybridized carbons (Fsp3) is 0.429. The van der Waals surface area contributed by atoms with Gasteiger partial charge in [0.1, 0.15) is 5.82 Å². The molecule has 1 unspecified atom stereocenters. The maximum atomic E-state index is 13.9. The zero-order valence-corrected chi connectivity index (χ0v) is 10.0. The molecule has 1 N–H and O–H groups in total.